The van der Waals surface area contributed by atoms with Crippen LogP contribution in [0.3, 0.4) is 0 Å². The molecule has 4 nitrogen and oxygen atoms in total. The summed E-state index contributed by atoms with van der Waals surface area (Å²) < 4.78 is 7.15. The number of allylic oxidation sites excluding steroid dienone is 2. The number of hydrogen-bond acceptors (Lipinski definition) is 3. The number of nitrogens with zero attached hydrogens (tertiary/aromatic N) is 1. The third-order valence-electron chi connectivity index (χ3n) is 3.09. The predicted octanol–water partition coefficient (Wildman–Crippen LogP) is 2.51. The molecule has 1 aliphatic heterocycles. The lowest BCUT2D eigenvalue weighted by molar-refractivity contribution is -0.116. The summed E-state index contributed by atoms with van der Waals surface area (Å²) in [7, 11) is 2.00. The van der Waals surface area contributed by atoms with Gasteiger partial charge in [0.1, 0.15) is 0 Å². The number of para-hydroxylation sites is 1. The van der Waals surface area contributed by atoms with E-state index >= 15 is 0 Å². The molecule has 0 radical (unpaired) electrons. The highest BCUT2D eigenvalue weighted by Crippen LogP contribution is 2.21. The van der Waals surface area contributed by atoms with Crippen molar-refractivity contribution in [2.45, 2.75) is 0 Å². The summed E-state index contributed by atoms with van der Waals surface area (Å²) in [6.07, 6.45) is 7.37. The molecule has 0 unspecified atom stereocenters. The van der Waals surface area contributed by atoms with Crippen molar-refractivity contribution < 1.29 is 9.53 Å². The zero-order chi connectivity index (χ0) is 14.1. The molecule has 2 aromatic rings. The molecule has 3 rings (SSSR count). The monoisotopic (exact) mass is 284 g/mol. The van der Waals surface area contributed by atoms with Gasteiger partial charge in [0.15, 0.2) is 5.76 Å². The Morgan fingerprint density at radius 1 is 1.35 bits per heavy atom. The molecule has 5 heteroatoms. The van der Waals surface area contributed by atoms with Gasteiger partial charge in [0.25, 0.3) is 11.1 Å². The SMILES string of the molecule is Cn1cc(C=CC=C2OC(=S)NC2=O)c2ccccc21. The van der Waals surface area contributed by atoms with Gasteiger partial charge < -0.3 is 9.30 Å². The number of carbonyl (C=O) groups excluding carboxylic acids is 1. The molecule has 0 atom stereocenters. The standard InChI is InChI=1S/C15H12N2O2S/c1-17-9-10(11-6-2-3-7-12(11)17)5-4-8-13-14(18)16-15(20)19-13/h2-9H,1H3,(H,16,18,20). The van der Waals surface area contributed by atoms with E-state index in [-0.39, 0.29) is 16.8 Å². The molecule has 2 heterocycles. The molecule has 1 aromatic heterocycles. The molecule has 0 aliphatic carbocycles. The van der Waals surface area contributed by atoms with Crippen molar-refractivity contribution in [3.63, 3.8) is 0 Å². The van der Waals surface area contributed by atoms with Crippen molar-refractivity contribution >= 4 is 40.3 Å². The van der Waals surface area contributed by atoms with Crippen LogP contribution < -0.4 is 5.32 Å². The van der Waals surface area contributed by atoms with E-state index in [1.807, 2.05) is 31.5 Å². The van der Waals surface area contributed by atoms with Crippen molar-refractivity contribution in [2.75, 3.05) is 0 Å². The fraction of sp³-hybridized carbons (Fsp3) is 0.0667. The van der Waals surface area contributed by atoms with Crippen molar-refractivity contribution in [1.82, 2.24) is 9.88 Å². The van der Waals surface area contributed by atoms with Gasteiger partial charge in [-0.05, 0) is 29.9 Å². The first kappa shape index (κ1) is 12.6. The molecular weight excluding hydrogens is 272 g/mol. The number of aromatic nitrogens is 1. The first-order valence-electron chi connectivity index (χ1n) is 6.11. The van der Waals surface area contributed by atoms with Crippen molar-refractivity contribution in [3.8, 4) is 0 Å². The van der Waals surface area contributed by atoms with Gasteiger partial charge in [-0.3, -0.25) is 10.1 Å². The van der Waals surface area contributed by atoms with Gasteiger partial charge in [-0.1, -0.05) is 30.4 Å². The molecule has 1 aliphatic rings. The first-order chi connectivity index (χ1) is 9.65. The Morgan fingerprint density at radius 2 is 2.15 bits per heavy atom. The number of fused-ring (bicyclic) bond motifs is 1. The Hall–Kier alpha value is -2.40. The maximum atomic E-state index is 11.4. The minimum atomic E-state index is -0.308. The number of thiocarbonyl (C=S) groups is 1. The van der Waals surface area contributed by atoms with Crippen LogP contribution in [0.2, 0.25) is 0 Å². The van der Waals surface area contributed by atoms with Crippen molar-refractivity contribution in [3.05, 3.63) is 53.9 Å². The zero-order valence-electron chi connectivity index (χ0n) is 10.8. The van der Waals surface area contributed by atoms with E-state index in [9.17, 15) is 4.79 Å². The zero-order valence-corrected chi connectivity index (χ0v) is 11.6. The van der Waals surface area contributed by atoms with Crippen LogP contribution in [0.25, 0.3) is 17.0 Å². The highest BCUT2D eigenvalue weighted by molar-refractivity contribution is 7.80. The Kier molecular flexibility index (Phi) is 3.12. The molecule has 1 amide bonds. The maximum Gasteiger partial charge on any atom is 0.294 e. The number of ether oxygens (including phenoxy) is 1. The highest BCUT2D eigenvalue weighted by Gasteiger charge is 2.21. The summed E-state index contributed by atoms with van der Waals surface area (Å²) in [6.45, 7) is 0. The van der Waals surface area contributed by atoms with E-state index in [0.29, 0.717) is 0 Å². The fourth-order valence-corrected chi connectivity index (χ4v) is 2.36. The number of rotatable bonds is 2. The van der Waals surface area contributed by atoms with Crippen LogP contribution in [-0.4, -0.2) is 15.6 Å². The smallest absolute Gasteiger partial charge is 0.294 e. The Labute approximate surface area is 121 Å². The van der Waals surface area contributed by atoms with Gasteiger partial charge in [0.2, 0.25) is 0 Å². The predicted molar refractivity (Wildman–Crippen MR) is 81.9 cm³/mol. The van der Waals surface area contributed by atoms with E-state index in [2.05, 4.69) is 22.0 Å². The normalized spacial score (nSPS) is 17.1. The lowest BCUT2D eigenvalue weighted by Gasteiger charge is -1.93. The third kappa shape index (κ3) is 2.23. The molecule has 1 fully saturated rings. The van der Waals surface area contributed by atoms with Crippen LogP contribution in [0.5, 0.6) is 0 Å². The Morgan fingerprint density at radius 3 is 2.90 bits per heavy atom. The average Bonchev–Trinajstić information content (AvgIpc) is 2.91. The second kappa shape index (κ2) is 4.94. The van der Waals surface area contributed by atoms with E-state index in [1.165, 1.54) is 0 Å². The molecule has 100 valence electrons. The molecular formula is C15H12N2O2S. The summed E-state index contributed by atoms with van der Waals surface area (Å²) in [5, 5.41) is 3.67. The van der Waals surface area contributed by atoms with E-state index in [4.69, 9.17) is 17.0 Å². The van der Waals surface area contributed by atoms with Crippen LogP contribution >= 0.6 is 12.2 Å². The van der Waals surface area contributed by atoms with Crippen LogP contribution in [0.15, 0.2) is 48.4 Å². The molecule has 1 N–H and O–H groups in total. The topological polar surface area (TPSA) is 43.3 Å². The van der Waals surface area contributed by atoms with Crippen LogP contribution in [0.4, 0.5) is 0 Å². The molecule has 20 heavy (non-hydrogen) atoms. The molecule has 1 aromatic carbocycles. The first-order valence-corrected chi connectivity index (χ1v) is 6.51. The molecule has 1 saturated heterocycles. The largest absolute Gasteiger partial charge is 0.426 e. The van der Waals surface area contributed by atoms with Gasteiger partial charge in [-0.15, -0.1) is 0 Å². The van der Waals surface area contributed by atoms with Gasteiger partial charge in [0.05, 0.1) is 0 Å². The number of aryl methyl sites for hydroxylation is 1. The number of carbonyl (C=O) groups is 1. The lowest BCUT2D eigenvalue weighted by atomic mass is 10.1. The Balaban J connectivity index is 1.90. The molecule has 0 saturated carbocycles. The number of benzene rings is 1. The van der Waals surface area contributed by atoms with E-state index in [1.54, 1.807) is 12.2 Å². The number of hydrogen-bond donors (Lipinski definition) is 1. The lowest BCUT2D eigenvalue weighted by Crippen LogP contribution is -2.18. The Bertz CT molecular complexity index is 771. The van der Waals surface area contributed by atoms with Crippen LogP contribution in [0, 0.1) is 0 Å². The van der Waals surface area contributed by atoms with Gasteiger partial charge >= 0.3 is 0 Å². The van der Waals surface area contributed by atoms with Crippen molar-refractivity contribution in [1.29, 1.82) is 0 Å². The van der Waals surface area contributed by atoms with Gasteiger partial charge in [-0.2, -0.15) is 0 Å². The van der Waals surface area contributed by atoms with Crippen molar-refractivity contribution in [2.24, 2.45) is 7.05 Å². The summed E-state index contributed by atoms with van der Waals surface area (Å²) >= 11 is 4.76. The number of nitrogens with one attached hydrogen (secondary N) is 1. The second-order valence-electron chi connectivity index (χ2n) is 4.45. The van der Waals surface area contributed by atoms with E-state index < -0.39 is 0 Å². The summed E-state index contributed by atoms with van der Waals surface area (Å²) in [4.78, 5) is 11.4. The van der Waals surface area contributed by atoms with Gasteiger partial charge in [-0.25, -0.2) is 0 Å². The second-order valence-corrected chi connectivity index (χ2v) is 4.82. The summed E-state index contributed by atoms with van der Waals surface area (Å²) in [6, 6.07) is 8.15. The van der Waals surface area contributed by atoms with Crippen LogP contribution in [0.1, 0.15) is 5.56 Å². The highest BCUT2D eigenvalue weighted by atomic mass is 32.1. The van der Waals surface area contributed by atoms with Crippen LogP contribution in [-0.2, 0) is 16.6 Å². The maximum absolute atomic E-state index is 11.4. The minimum Gasteiger partial charge on any atom is -0.426 e. The number of amides is 1. The molecule has 0 spiro atoms. The fourth-order valence-electron chi connectivity index (χ4n) is 2.18. The third-order valence-corrected chi connectivity index (χ3v) is 3.28. The molecule has 0 bridgehead atoms. The summed E-state index contributed by atoms with van der Waals surface area (Å²) in [5.41, 5.74) is 2.25. The van der Waals surface area contributed by atoms with E-state index in [0.717, 1.165) is 16.5 Å². The average molecular weight is 284 g/mol. The quantitative estimate of drug-likeness (QED) is 0.680. The summed E-state index contributed by atoms with van der Waals surface area (Å²) in [5.74, 6) is -0.0935. The minimum absolute atomic E-state index is 0.0970. The van der Waals surface area contributed by atoms with Gasteiger partial charge in [0, 0.05) is 24.1 Å².